The quantitative estimate of drug-likeness (QED) is 0.839. The maximum atomic E-state index is 5.84. The fourth-order valence-corrected chi connectivity index (χ4v) is 2.21. The smallest absolute Gasteiger partial charge is 0.206 e. The van der Waals surface area contributed by atoms with Crippen molar-refractivity contribution in [1.82, 2.24) is 15.2 Å². The molecule has 0 unspecified atom stereocenters. The number of nitrogens with zero attached hydrogens (tertiary/aromatic N) is 3. The number of benzene rings is 1. The van der Waals surface area contributed by atoms with Crippen molar-refractivity contribution in [3.63, 3.8) is 0 Å². The normalized spacial score (nSPS) is 10.4. The van der Waals surface area contributed by atoms with E-state index in [4.69, 9.17) is 34.8 Å². The molecule has 0 aliphatic rings. The lowest BCUT2D eigenvalue weighted by Gasteiger charge is -2.01. The largest absolute Gasteiger partial charge is 0.244 e. The minimum absolute atomic E-state index is 0.0702. The van der Waals surface area contributed by atoms with Crippen molar-refractivity contribution in [2.24, 2.45) is 0 Å². The van der Waals surface area contributed by atoms with Crippen molar-refractivity contribution >= 4 is 46.6 Å². The summed E-state index contributed by atoms with van der Waals surface area (Å²) in [6.45, 7) is 0. The van der Waals surface area contributed by atoms with Crippen LogP contribution in [0, 0.1) is 0 Å². The van der Waals surface area contributed by atoms with E-state index in [1.165, 1.54) is 11.8 Å². The molecule has 0 bridgehead atoms. The molecule has 0 N–H and O–H groups in total. The molecule has 0 amide bonds. The first-order valence-electron chi connectivity index (χ1n) is 4.14. The van der Waals surface area contributed by atoms with Gasteiger partial charge in [0.05, 0.1) is 0 Å². The molecular weight excluding hydrogens is 289 g/mol. The molecule has 7 heteroatoms. The van der Waals surface area contributed by atoms with E-state index in [1.54, 1.807) is 12.1 Å². The van der Waals surface area contributed by atoms with Crippen molar-refractivity contribution in [2.45, 2.75) is 9.92 Å². The Kier molecular flexibility index (Phi) is 3.86. The number of hydrogen-bond donors (Lipinski definition) is 0. The molecule has 0 saturated heterocycles. The van der Waals surface area contributed by atoms with Crippen LogP contribution in [0.5, 0.6) is 0 Å². The zero-order chi connectivity index (χ0) is 11.5. The minimum atomic E-state index is 0.0702. The van der Waals surface area contributed by atoms with Gasteiger partial charge in [0.15, 0.2) is 5.15 Å². The molecule has 0 atom stereocenters. The van der Waals surface area contributed by atoms with Crippen molar-refractivity contribution in [3.8, 4) is 0 Å². The summed E-state index contributed by atoms with van der Waals surface area (Å²) in [6, 6.07) is 7.29. The van der Waals surface area contributed by atoms with Gasteiger partial charge in [-0.25, -0.2) is 4.98 Å². The Morgan fingerprint density at radius 2 is 1.62 bits per heavy atom. The SMILES string of the molecule is Clc1ccc(Sc2nc(Cl)nnc2Cl)cc1. The van der Waals surface area contributed by atoms with E-state index >= 15 is 0 Å². The molecule has 1 heterocycles. The molecule has 1 aromatic heterocycles. The lowest BCUT2D eigenvalue weighted by Crippen LogP contribution is -1.91. The van der Waals surface area contributed by atoms with Crippen LogP contribution in [0.2, 0.25) is 15.5 Å². The molecule has 16 heavy (non-hydrogen) atoms. The summed E-state index contributed by atoms with van der Waals surface area (Å²) in [5.41, 5.74) is 0. The zero-order valence-electron chi connectivity index (χ0n) is 7.69. The highest BCUT2D eigenvalue weighted by Gasteiger charge is 2.07. The third-order valence-corrected chi connectivity index (χ3v) is 3.38. The Hall–Kier alpha value is -0.550. The minimum Gasteiger partial charge on any atom is -0.206 e. The maximum absolute atomic E-state index is 5.84. The van der Waals surface area contributed by atoms with Crippen LogP contribution in [-0.2, 0) is 0 Å². The van der Waals surface area contributed by atoms with Crippen LogP contribution in [-0.4, -0.2) is 15.2 Å². The molecule has 82 valence electrons. The molecule has 3 nitrogen and oxygen atoms in total. The second kappa shape index (κ2) is 5.19. The third kappa shape index (κ3) is 2.98. The lowest BCUT2D eigenvalue weighted by molar-refractivity contribution is 0.904. The molecule has 0 spiro atoms. The summed E-state index contributed by atoms with van der Waals surface area (Å²) in [5.74, 6) is 0. The summed E-state index contributed by atoms with van der Waals surface area (Å²) in [5, 5.41) is 8.69. The fraction of sp³-hybridized carbons (Fsp3) is 0. The Labute approximate surface area is 111 Å². The van der Waals surface area contributed by atoms with E-state index in [9.17, 15) is 0 Å². The van der Waals surface area contributed by atoms with Crippen LogP contribution in [0.1, 0.15) is 0 Å². The van der Waals surface area contributed by atoms with Gasteiger partial charge in [-0.1, -0.05) is 35.0 Å². The monoisotopic (exact) mass is 291 g/mol. The van der Waals surface area contributed by atoms with Gasteiger partial charge in [0.25, 0.3) is 0 Å². The van der Waals surface area contributed by atoms with Crippen molar-refractivity contribution < 1.29 is 0 Å². The van der Waals surface area contributed by atoms with Gasteiger partial charge in [-0.2, -0.15) is 0 Å². The van der Waals surface area contributed by atoms with Gasteiger partial charge in [-0.3, -0.25) is 0 Å². The Balaban J connectivity index is 2.26. The summed E-state index contributed by atoms with van der Waals surface area (Å²) in [4.78, 5) is 4.93. The lowest BCUT2D eigenvalue weighted by atomic mass is 10.4. The van der Waals surface area contributed by atoms with Gasteiger partial charge in [0.2, 0.25) is 5.28 Å². The van der Waals surface area contributed by atoms with Crippen molar-refractivity contribution in [2.75, 3.05) is 0 Å². The van der Waals surface area contributed by atoms with Crippen molar-refractivity contribution in [1.29, 1.82) is 0 Å². The van der Waals surface area contributed by atoms with E-state index < -0.39 is 0 Å². The molecule has 0 saturated carbocycles. The first-order valence-corrected chi connectivity index (χ1v) is 6.09. The summed E-state index contributed by atoms with van der Waals surface area (Å²) < 4.78 is 0. The second-order valence-electron chi connectivity index (χ2n) is 2.73. The molecule has 0 aliphatic carbocycles. The highest BCUT2D eigenvalue weighted by atomic mass is 35.5. The molecule has 1 aromatic carbocycles. The van der Waals surface area contributed by atoms with Gasteiger partial charge in [0, 0.05) is 9.92 Å². The van der Waals surface area contributed by atoms with Crippen LogP contribution in [0.15, 0.2) is 34.2 Å². The Morgan fingerprint density at radius 1 is 0.938 bits per heavy atom. The molecule has 0 radical (unpaired) electrons. The van der Waals surface area contributed by atoms with E-state index in [0.29, 0.717) is 10.0 Å². The van der Waals surface area contributed by atoms with Gasteiger partial charge >= 0.3 is 0 Å². The number of aromatic nitrogens is 3. The highest BCUT2D eigenvalue weighted by molar-refractivity contribution is 7.99. The average molecular weight is 293 g/mol. The Bertz CT molecular complexity index is 504. The molecule has 0 aliphatic heterocycles. The highest BCUT2D eigenvalue weighted by Crippen LogP contribution is 2.31. The Morgan fingerprint density at radius 3 is 2.31 bits per heavy atom. The summed E-state index contributed by atoms with van der Waals surface area (Å²) in [7, 11) is 0. The standard InChI is InChI=1S/C9H4Cl3N3S/c10-5-1-3-6(4-2-5)16-8-7(11)14-15-9(12)13-8/h1-4H. The summed E-state index contributed by atoms with van der Waals surface area (Å²) >= 11 is 18.6. The van der Waals surface area contributed by atoms with Crippen LogP contribution < -0.4 is 0 Å². The predicted octanol–water partition coefficient (Wildman–Crippen LogP) is 3.98. The van der Waals surface area contributed by atoms with Gasteiger partial charge in [-0.15, -0.1) is 10.2 Å². The van der Waals surface area contributed by atoms with E-state index in [0.717, 1.165) is 4.90 Å². The van der Waals surface area contributed by atoms with Crippen LogP contribution in [0.25, 0.3) is 0 Å². The van der Waals surface area contributed by atoms with Crippen LogP contribution in [0.4, 0.5) is 0 Å². The molecule has 2 rings (SSSR count). The van der Waals surface area contributed by atoms with Crippen LogP contribution in [0.3, 0.4) is 0 Å². The summed E-state index contributed by atoms with van der Waals surface area (Å²) in [6.07, 6.45) is 0. The van der Waals surface area contributed by atoms with E-state index in [1.807, 2.05) is 12.1 Å². The van der Waals surface area contributed by atoms with Crippen LogP contribution >= 0.6 is 46.6 Å². The topological polar surface area (TPSA) is 38.7 Å². The van der Waals surface area contributed by atoms with E-state index in [2.05, 4.69) is 15.2 Å². The van der Waals surface area contributed by atoms with Gasteiger partial charge in [-0.05, 0) is 35.9 Å². The number of hydrogen-bond acceptors (Lipinski definition) is 4. The second-order valence-corrected chi connectivity index (χ2v) is 4.93. The molecule has 0 fully saturated rings. The first kappa shape index (κ1) is 11.9. The van der Waals surface area contributed by atoms with Crippen molar-refractivity contribution in [3.05, 3.63) is 39.7 Å². The number of halogens is 3. The zero-order valence-corrected chi connectivity index (χ0v) is 10.8. The number of rotatable bonds is 2. The first-order chi connectivity index (χ1) is 7.65. The molecule has 2 aromatic rings. The fourth-order valence-electron chi connectivity index (χ4n) is 0.959. The van der Waals surface area contributed by atoms with E-state index in [-0.39, 0.29) is 10.4 Å². The molecular formula is C9H4Cl3N3S. The average Bonchev–Trinajstić information content (AvgIpc) is 2.27. The van der Waals surface area contributed by atoms with Gasteiger partial charge < -0.3 is 0 Å². The third-order valence-electron chi connectivity index (χ3n) is 1.62. The maximum Gasteiger partial charge on any atom is 0.244 e. The predicted molar refractivity (Wildman–Crippen MR) is 65.4 cm³/mol. The van der Waals surface area contributed by atoms with Gasteiger partial charge in [0.1, 0.15) is 5.03 Å².